The van der Waals surface area contributed by atoms with Crippen molar-refractivity contribution in [2.45, 2.75) is 13.0 Å². The van der Waals surface area contributed by atoms with E-state index < -0.39 is 0 Å². The molecule has 0 unspecified atom stereocenters. The predicted molar refractivity (Wildman–Crippen MR) is 111 cm³/mol. The maximum Gasteiger partial charge on any atom is 0.323 e. The van der Waals surface area contributed by atoms with E-state index in [0.717, 1.165) is 17.1 Å². The molecular formula is C22H23N3O2. The molecular weight excluding hydrogens is 338 g/mol. The van der Waals surface area contributed by atoms with E-state index in [1.54, 1.807) is 31.4 Å². The first kappa shape index (κ1) is 18.3. The SMILES string of the molecule is COc1ccc(NC(=O)Nc2ccc(N[C@H](C)c3ccccc3)cc2)cc1. The smallest absolute Gasteiger partial charge is 0.323 e. The van der Waals surface area contributed by atoms with Crippen molar-refractivity contribution in [2.75, 3.05) is 23.1 Å². The van der Waals surface area contributed by atoms with Crippen LogP contribution in [0, 0.1) is 0 Å². The zero-order valence-corrected chi connectivity index (χ0v) is 15.4. The fourth-order valence-corrected chi connectivity index (χ4v) is 2.69. The van der Waals surface area contributed by atoms with Gasteiger partial charge in [-0.1, -0.05) is 30.3 Å². The summed E-state index contributed by atoms with van der Waals surface area (Å²) < 4.78 is 5.10. The standard InChI is InChI=1S/C22H23N3O2/c1-16(17-6-4-3-5-7-17)23-18-8-10-19(11-9-18)24-22(26)25-20-12-14-21(27-2)15-13-20/h3-16,23H,1-2H3,(H2,24,25,26)/t16-/m1/s1. The Bertz CT molecular complexity index is 862. The van der Waals surface area contributed by atoms with Crippen molar-refractivity contribution in [1.29, 1.82) is 0 Å². The van der Waals surface area contributed by atoms with Gasteiger partial charge < -0.3 is 20.7 Å². The third kappa shape index (κ3) is 5.25. The second kappa shape index (κ2) is 8.76. The van der Waals surface area contributed by atoms with Gasteiger partial charge in [0.25, 0.3) is 0 Å². The van der Waals surface area contributed by atoms with Crippen LogP contribution in [0.1, 0.15) is 18.5 Å². The molecule has 3 aromatic carbocycles. The highest BCUT2D eigenvalue weighted by Gasteiger charge is 2.06. The normalized spacial score (nSPS) is 11.3. The molecule has 3 aromatic rings. The molecule has 5 heteroatoms. The van der Waals surface area contributed by atoms with Crippen LogP contribution < -0.4 is 20.7 Å². The van der Waals surface area contributed by atoms with Crippen LogP contribution in [-0.2, 0) is 0 Å². The van der Waals surface area contributed by atoms with Crippen LogP contribution in [0.4, 0.5) is 21.9 Å². The minimum atomic E-state index is -0.293. The number of anilines is 3. The average molecular weight is 361 g/mol. The molecule has 1 atom stereocenters. The Kier molecular flexibility index (Phi) is 5.94. The minimum Gasteiger partial charge on any atom is -0.497 e. The number of carbonyl (C=O) groups is 1. The summed E-state index contributed by atoms with van der Waals surface area (Å²) in [6, 6.07) is 25.0. The summed E-state index contributed by atoms with van der Waals surface area (Å²) in [7, 11) is 1.61. The topological polar surface area (TPSA) is 62.4 Å². The highest BCUT2D eigenvalue weighted by atomic mass is 16.5. The summed E-state index contributed by atoms with van der Waals surface area (Å²) in [4.78, 5) is 12.1. The third-order valence-corrected chi connectivity index (χ3v) is 4.17. The van der Waals surface area contributed by atoms with E-state index in [1.807, 2.05) is 42.5 Å². The number of urea groups is 1. The molecule has 0 radical (unpaired) electrons. The highest BCUT2D eigenvalue weighted by molar-refractivity contribution is 5.99. The predicted octanol–water partition coefficient (Wildman–Crippen LogP) is 5.51. The summed E-state index contributed by atoms with van der Waals surface area (Å²) in [5.74, 6) is 0.744. The zero-order chi connectivity index (χ0) is 19.1. The van der Waals surface area contributed by atoms with E-state index in [1.165, 1.54) is 5.56 Å². The van der Waals surface area contributed by atoms with E-state index in [-0.39, 0.29) is 12.1 Å². The van der Waals surface area contributed by atoms with Gasteiger partial charge in [0.2, 0.25) is 0 Å². The Hall–Kier alpha value is -3.47. The zero-order valence-electron chi connectivity index (χ0n) is 15.4. The van der Waals surface area contributed by atoms with Gasteiger partial charge in [-0.15, -0.1) is 0 Å². The van der Waals surface area contributed by atoms with Gasteiger partial charge in [-0.2, -0.15) is 0 Å². The fraction of sp³-hybridized carbons (Fsp3) is 0.136. The molecule has 5 nitrogen and oxygen atoms in total. The maximum atomic E-state index is 12.1. The van der Waals surface area contributed by atoms with Crippen LogP contribution in [0.25, 0.3) is 0 Å². The van der Waals surface area contributed by atoms with Crippen molar-refractivity contribution < 1.29 is 9.53 Å². The van der Waals surface area contributed by atoms with Crippen LogP contribution in [0.3, 0.4) is 0 Å². The lowest BCUT2D eigenvalue weighted by atomic mass is 10.1. The lowest BCUT2D eigenvalue weighted by Crippen LogP contribution is -2.19. The molecule has 0 saturated heterocycles. The highest BCUT2D eigenvalue weighted by Crippen LogP contribution is 2.21. The van der Waals surface area contributed by atoms with Gasteiger partial charge in [0, 0.05) is 23.1 Å². The molecule has 0 aliphatic heterocycles. The van der Waals surface area contributed by atoms with Crippen LogP contribution in [0.2, 0.25) is 0 Å². The van der Waals surface area contributed by atoms with Gasteiger partial charge in [0.05, 0.1) is 7.11 Å². The summed E-state index contributed by atoms with van der Waals surface area (Å²) in [6.07, 6.45) is 0. The van der Waals surface area contributed by atoms with Gasteiger partial charge in [0.15, 0.2) is 0 Å². The van der Waals surface area contributed by atoms with Crippen molar-refractivity contribution in [2.24, 2.45) is 0 Å². The van der Waals surface area contributed by atoms with Gasteiger partial charge in [0.1, 0.15) is 5.75 Å². The van der Waals surface area contributed by atoms with Crippen LogP contribution in [-0.4, -0.2) is 13.1 Å². The van der Waals surface area contributed by atoms with Crippen molar-refractivity contribution in [3.8, 4) is 5.75 Å². The molecule has 2 amide bonds. The summed E-state index contributed by atoms with van der Waals surface area (Å²) in [6.45, 7) is 2.11. The number of hydrogen-bond donors (Lipinski definition) is 3. The van der Waals surface area contributed by atoms with Crippen molar-refractivity contribution >= 4 is 23.1 Å². The lowest BCUT2D eigenvalue weighted by molar-refractivity contribution is 0.262. The average Bonchev–Trinajstić information content (AvgIpc) is 2.70. The number of methoxy groups -OCH3 is 1. The largest absolute Gasteiger partial charge is 0.497 e. The number of carbonyl (C=O) groups excluding carboxylic acids is 1. The second-order valence-corrected chi connectivity index (χ2v) is 6.16. The van der Waals surface area contributed by atoms with Crippen molar-refractivity contribution in [3.05, 3.63) is 84.4 Å². The summed E-state index contributed by atoms with van der Waals surface area (Å²) in [5.41, 5.74) is 3.63. The lowest BCUT2D eigenvalue weighted by Gasteiger charge is -2.16. The maximum absolute atomic E-state index is 12.1. The minimum absolute atomic E-state index is 0.198. The number of benzene rings is 3. The third-order valence-electron chi connectivity index (χ3n) is 4.17. The molecule has 3 rings (SSSR count). The van der Waals surface area contributed by atoms with Crippen LogP contribution >= 0.6 is 0 Å². The Balaban J connectivity index is 1.54. The summed E-state index contributed by atoms with van der Waals surface area (Å²) in [5, 5.41) is 9.06. The molecule has 0 aromatic heterocycles. The van der Waals surface area contributed by atoms with E-state index in [2.05, 4.69) is 35.0 Å². The number of hydrogen-bond acceptors (Lipinski definition) is 3. The summed E-state index contributed by atoms with van der Waals surface area (Å²) >= 11 is 0. The monoisotopic (exact) mass is 361 g/mol. The number of amides is 2. The van der Waals surface area contributed by atoms with E-state index >= 15 is 0 Å². The first-order valence-electron chi connectivity index (χ1n) is 8.77. The molecule has 0 aliphatic rings. The Morgan fingerprint density at radius 3 is 1.85 bits per heavy atom. The van der Waals surface area contributed by atoms with Crippen LogP contribution in [0.15, 0.2) is 78.9 Å². The Labute approximate surface area is 159 Å². The first-order valence-corrected chi connectivity index (χ1v) is 8.77. The van der Waals surface area contributed by atoms with Crippen LogP contribution in [0.5, 0.6) is 5.75 Å². The molecule has 0 fully saturated rings. The van der Waals surface area contributed by atoms with Crippen molar-refractivity contribution in [3.63, 3.8) is 0 Å². The van der Waals surface area contributed by atoms with E-state index in [9.17, 15) is 4.79 Å². The molecule has 27 heavy (non-hydrogen) atoms. The van der Waals surface area contributed by atoms with Gasteiger partial charge in [-0.25, -0.2) is 4.79 Å². The molecule has 0 heterocycles. The molecule has 3 N–H and O–H groups in total. The van der Waals surface area contributed by atoms with Crippen molar-refractivity contribution in [1.82, 2.24) is 0 Å². The quantitative estimate of drug-likeness (QED) is 0.542. The molecule has 138 valence electrons. The Morgan fingerprint density at radius 2 is 1.30 bits per heavy atom. The number of nitrogens with one attached hydrogen (secondary N) is 3. The van der Waals surface area contributed by atoms with E-state index in [0.29, 0.717) is 5.69 Å². The number of ether oxygens (including phenoxy) is 1. The molecule has 0 bridgehead atoms. The van der Waals surface area contributed by atoms with Gasteiger partial charge in [-0.3, -0.25) is 0 Å². The van der Waals surface area contributed by atoms with Gasteiger partial charge in [-0.05, 0) is 61.0 Å². The second-order valence-electron chi connectivity index (χ2n) is 6.16. The van der Waals surface area contributed by atoms with Gasteiger partial charge >= 0.3 is 6.03 Å². The Morgan fingerprint density at radius 1 is 0.778 bits per heavy atom. The molecule has 0 saturated carbocycles. The molecule has 0 aliphatic carbocycles. The number of rotatable bonds is 6. The van der Waals surface area contributed by atoms with E-state index in [4.69, 9.17) is 4.74 Å². The first-order chi connectivity index (χ1) is 13.1. The fourth-order valence-electron chi connectivity index (χ4n) is 2.69. The molecule has 0 spiro atoms.